The van der Waals surface area contributed by atoms with Gasteiger partial charge in [0.1, 0.15) is 6.29 Å². The lowest BCUT2D eigenvalue weighted by molar-refractivity contribution is -0.0228. The second kappa shape index (κ2) is 4.73. The van der Waals surface area contributed by atoms with Crippen molar-refractivity contribution in [1.82, 2.24) is 0 Å². The van der Waals surface area contributed by atoms with Gasteiger partial charge in [-0.3, -0.25) is 0 Å². The molecule has 0 aromatic heterocycles. The van der Waals surface area contributed by atoms with E-state index in [4.69, 9.17) is 15.3 Å². The standard InChI is InChI=1S/C4H10O.C2H6O2/c1-4(2,3)5;1-2(3)4/h5H,1-3H3;2-4H,1H3. The molecule has 0 aromatic carbocycles. The van der Waals surface area contributed by atoms with Crippen molar-refractivity contribution in [2.75, 3.05) is 0 Å². The molecule has 3 heteroatoms. The Bertz CT molecular complexity index is 45.1. The van der Waals surface area contributed by atoms with Gasteiger partial charge in [0.2, 0.25) is 0 Å². The van der Waals surface area contributed by atoms with Crippen molar-refractivity contribution >= 4 is 0 Å². The van der Waals surface area contributed by atoms with Gasteiger partial charge in [0, 0.05) is 0 Å². The second-order valence-corrected chi connectivity index (χ2v) is 2.80. The molecule has 0 bridgehead atoms. The lowest BCUT2D eigenvalue weighted by Gasteiger charge is -2.04. The lowest BCUT2D eigenvalue weighted by Crippen LogP contribution is -2.10. The average molecular weight is 136 g/mol. The minimum absolute atomic E-state index is 0.500. The summed E-state index contributed by atoms with van der Waals surface area (Å²) in [5.74, 6) is 0. The summed E-state index contributed by atoms with van der Waals surface area (Å²) in [6.07, 6.45) is -1.17. The molecule has 0 heterocycles. The van der Waals surface area contributed by atoms with Crippen molar-refractivity contribution in [2.24, 2.45) is 0 Å². The molecule has 0 atom stereocenters. The van der Waals surface area contributed by atoms with Gasteiger partial charge in [0.15, 0.2) is 0 Å². The van der Waals surface area contributed by atoms with Crippen LogP contribution in [0.15, 0.2) is 0 Å². The maximum Gasteiger partial charge on any atom is 0.148 e. The molecule has 0 saturated heterocycles. The minimum Gasteiger partial charge on any atom is -0.391 e. The van der Waals surface area contributed by atoms with Gasteiger partial charge in [-0.25, -0.2) is 0 Å². The topological polar surface area (TPSA) is 60.7 Å². The molecule has 0 spiro atoms. The van der Waals surface area contributed by atoms with E-state index in [1.807, 2.05) is 0 Å². The maximum absolute atomic E-state index is 8.52. The Morgan fingerprint density at radius 2 is 1.11 bits per heavy atom. The first-order valence-electron chi connectivity index (χ1n) is 2.82. The van der Waals surface area contributed by atoms with Crippen molar-refractivity contribution in [3.63, 3.8) is 0 Å². The largest absolute Gasteiger partial charge is 0.391 e. The van der Waals surface area contributed by atoms with Crippen LogP contribution in [-0.2, 0) is 0 Å². The predicted octanol–water partition coefficient (Wildman–Crippen LogP) is 0.0942. The molecular weight excluding hydrogens is 120 g/mol. The van der Waals surface area contributed by atoms with E-state index in [1.54, 1.807) is 20.8 Å². The molecule has 0 fully saturated rings. The summed E-state index contributed by atoms with van der Waals surface area (Å²) in [7, 11) is 0. The van der Waals surface area contributed by atoms with Gasteiger partial charge in [-0.1, -0.05) is 0 Å². The zero-order valence-electron chi connectivity index (χ0n) is 6.42. The molecule has 9 heavy (non-hydrogen) atoms. The summed E-state index contributed by atoms with van der Waals surface area (Å²) in [4.78, 5) is 0. The van der Waals surface area contributed by atoms with E-state index in [2.05, 4.69) is 0 Å². The summed E-state index contributed by atoms with van der Waals surface area (Å²) in [5, 5.41) is 23.7. The third kappa shape index (κ3) is 18900. The van der Waals surface area contributed by atoms with Crippen LogP contribution in [0.2, 0.25) is 0 Å². The normalized spacial score (nSPS) is 10.7. The number of hydrogen-bond donors (Lipinski definition) is 3. The van der Waals surface area contributed by atoms with Gasteiger partial charge < -0.3 is 15.3 Å². The highest BCUT2D eigenvalue weighted by atomic mass is 16.5. The minimum atomic E-state index is -1.17. The van der Waals surface area contributed by atoms with Gasteiger partial charge >= 0.3 is 0 Å². The van der Waals surface area contributed by atoms with Gasteiger partial charge in [-0.2, -0.15) is 0 Å². The maximum atomic E-state index is 8.52. The van der Waals surface area contributed by atoms with Crippen molar-refractivity contribution in [3.05, 3.63) is 0 Å². The number of rotatable bonds is 0. The molecule has 0 aliphatic carbocycles. The van der Waals surface area contributed by atoms with E-state index in [-0.39, 0.29) is 0 Å². The van der Waals surface area contributed by atoms with Crippen LogP contribution in [0.3, 0.4) is 0 Å². The quantitative estimate of drug-likeness (QED) is 0.414. The number of hydrogen-bond acceptors (Lipinski definition) is 3. The molecule has 0 radical (unpaired) electrons. The van der Waals surface area contributed by atoms with Crippen LogP contribution in [0.5, 0.6) is 0 Å². The lowest BCUT2D eigenvalue weighted by atomic mass is 10.2. The Morgan fingerprint density at radius 1 is 1.11 bits per heavy atom. The smallest absolute Gasteiger partial charge is 0.148 e. The molecule has 0 saturated carbocycles. The summed E-state index contributed by atoms with van der Waals surface area (Å²) in [6, 6.07) is 0. The fourth-order valence-corrected chi connectivity index (χ4v) is 0. The SMILES string of the molecule is CC(C)(C)O.CC(O)O. The molecule has 0 rings (SSSR count). The fourth-order valence-electron chi connectivity index (χ4n) is 0. The van der Waals surface area contributed by atoms with E-state index >= 15 is 0 Å². The Hall–Kier alpha value is -0.120. The monoisotopic (exact) mass is 136 g/mol. The highest BCUT2D eigenvalue weighted by Crippen LogP contribution is 1.93. The predicted molar refractivity (Wildman–Crippen MR) is 35.9 cm³/mol. The average Bonchev–Trinajstić information content (AvgIpc) is 1.19. The van der Waals surface area contributed by atoms with Gasteiger partial charge in [-0.15, -0.1) is 0 Å². The van der Waals surface area contributed by atoms with E-state index in [9.17, 15) is 0 Å². The van der Waals surface area contributed by atoms with Crippen LogP contribution in [0.4, 0.5) is 0 Å². The van der Waals surface area contributed by atoms with Crippen LogP contribution in [-0.4, -0.2) is 27.2 Å². The zero-order valence-corrected chi connectivity index (χ0v) is 6.42. The Morgan fingerprint density at radius 3 is 1.11 bits per heavy atom. The van der Waals surface area contributed by atoms with Crippen molar-refractivity contribution in [1.29, 1.82) is 0 Å². The number of aliphatic hydroxyl groups excluding tert-OH is 1. The molecule has 0 aliphatic heterocycles. The molecule has 0 unspecified atom stereocenters. The van der Waals surface area contributed by atoms with Crippen LogP contribution in [0, 0.1) is 0 Å². The Balaban J connectivity index is 0. The summed E-state index contributed by atoms with van der Waals surface area (Å²) < 4.78 is 0. The first-order valence-corrected chi connectivity index (χ1v) is 2.82. The molecule has 3 N–H and O–H groups in total. The zero-order chi connectivity index (χ0) is 8.08. The van der Waals surface area contributed by atoms with Crippen molar-refractivity contribution in [2.45, 2.75) is 39.6 Å². The Kier molecular flexibility index (Phi) is 6.12. The van der Waals surface area contributed by atoms with Crippen molar-refractivity contribution < 1.29 is 15.3 Å². The van der Waals surface area contributed by atoms with Gasteiger partial charge in [0.05, 0.1) is 5.60 Å². The molecule has 58 valence electrons. The third-order valence-electron chi connectivity index (χ3n) is 0. The van der Waals surface area contributed by atoms with Crippen LogP contribution >= 0.6 is 0 Å². The van der Waals surface area contributed by atoms with Gasteiger partial charge in [0.25, 0.3) is 0 Å². The number of aliphatic hydroxyl groups is 3. The van der Waals surface area contributed by atoms with E-state index in [0.29, 0.717) is 0 Å². The van der Waals surface area contributed by atoms with E-state index in [1.165, 1.54) is 6.92 Å². The molecule has 0 aromatic rings. The molecule has 0 aliphatic rings. The Labute approximate surface area is 56.0 Å². The molecular formula is C6H16O3. The fraction of sp³-hybridized carbons (Fsp3) is 1.00. The molecule has 3 nitrogen and oxygen atoms in total. The highest BCUT2D eigenvalue weighted by Gasteiger charge is 1.97. The van der Waals surface area contributed by atoms with E-state index in [0.717, 1.165) is 0 Å². The van der Waals surface area contributed by atoms with E-state index < -0.39 is 11.9 Å². The molecule has 0 amide bonds. The summed E-state index contributed by atoms with van der Waals surface area (Å²) in [6.45, 7) is 6.51. The summed E-state index contributed by atoms with van der Waals surface area (Å²) >= 11 is 0. The first-order chi connectivity index (χ1) is 3.73. The third-order valence-corrected chi connectivity index (χ3v) is 0. The van der Waals surface area contributed by atoms with Crippen LogP contribution < -0.4 is 0 Å². The highest BCUT2D eigenvalue weighted by molar-refractivity contribution is 4.50. The van der Waals surface area contributed by atoms with Gasteiger partial charge in [-0.05, 0) is 27.7 Å². The van der Waals surface area contributed by atoms with Crippen LogP contribution in [0.1, 0.15) is 27.7 Å². The first kappa shape index (κ1) is 11.6. The second-order valence-electron chi connectivity index (χ2n) is 2.80. The summed E-state index contributed by atoms with van der Waals surface area (Å²) in [5.41, 5.74) is -0.500. The van der Waals surface area contributed by atoms with Crippen molar-refractivity contribution in [3.8, 4) is 0 Å². The van der Waals surface area contributed by atoms with Crippen LogP contribution in [0.25, 0.3) is 0 Å².